The van der Waals surface area contributed by atoms with Crippen LogP contribution in [-0.2, 0) is 6.42 Å². The van der Waals surface area contributed by atoms with Crippen LogP contribution in [0.1, 0.15) is 18.2 Å². The van der Waals surface area contributed by atoms with Gasteiger partial charge in [0.1, 0.15) is 5.69 Å². The van der Waals surface area contributed by atoms with Gasteiger partial charge in [0, 0.05) is 10.7 Å². The topological polar surface area (TPSA) is 12.9 Å². The average molecular weight is 210 g/mol. The lowest BCUT2D eigenvalue weighted by Crippen LogP contribution is -1.90. The smallest absolute Gasteiger partial charge is 0.116 e. The SMILES string of the molecule is C#Cc1ncc(Br)cc1CC. The van der Waals surface area contributed by atoms with Crippen LogP contribution in [0.25, 0.3) is 0 Å². The van der Waals surface area contributed by atoms with Crippen LogP contribution in [-0.4, -0.2) is 4.98 Å². The van der Waals surface area contributed by atoms with Crippen molar-refractivity contribution in [2.75, 3.05) is 0 Å². The molecule has 0 saturated carbocycles. The van der Waals surface area contributed by atoms with E-state index in [1.54, 1.807) is 6.20 Å². The molecule has 0 saturated heterocycles. The van der Waals surface area contributed by atoms with Crippen molar-refractivity contribution in [2.24, 2.45) is 0 Å². The Morgan fingerprint density at radius 1 is 1.73 bits per heavy atom. The molecule has 1 aromatic rings. The van der Waals surface area contributed by atoms with Gasteiger partial charge in [-0.2, -0.15) is 0 Å². The molecule has 0 atom stereocenters. The highest BCUT2D eigenvalue weighted by Gasteiger charge is 1.98. The second kappa shape index (κ2) is 3.54. The summed E-state index contributed by atoms with van der Waals surface area (Å²) in [5.41, 5.74) is 1.86. The minimum atomic E-state index is 0.746. The molecule has 0 N–H and O–H groups in total. The molecule has 56 valence electrons. The molecule has 11 heavy (non-hydrogen) atoms. The van der Waals surface area contributed by atoms with Crippen LogP contribution < -0.4 is 0 Å². The van der Waals surface area contributed by atoms with Crippen molar-refractivity contribution in [3.63, 3.8) is 0 Å². The molecule has 0 aliphatic heterocycles. The number of pyridine rings is 1. The minimum absolute atomic E-state index is 0.746. The van der Waals surface area contributed by atoms with E-state index in [2.05, 4.69) is 33.8 Å². The molecule has 0 spiro atoms. The quantitative estimate of drug-likeness (QED) is 0.648. The average Bonchev–Trinajstić information content (AvgIpc) is 2.04. The summed E-state index contributed by atoms with van der Waals surface area (Å²) >= 11 is 3.34. The van der Waals surface area contributed by atoms with E-state index in [4.69, 9.17) is 6.42 Å². The molecule has 0 aliphatic carbocycles. The van der Waals surface area contributed by atoms with Gasteiger partial charge in [-0.05, 0) is 39.9 Å². The van der Waals surface area contributed by atoms with Crippen LogP contribution in [0.2, 0.25) is 0 Å². The number of terminal acetylenes is 1. The first-order valence-electron chi connectivity index (χ1n) is 3.39. The van der Waals surface area contributed by atoms with E-state index < -0.39 is 0 Å². The predicted molar refractivity (Wildman–Crippen MR) is 49.3 cm³/mol. The second-order valence-corrected chi connectivity index (χ2v) is 3.07. The number of halogens is 1. The highest BCUT2D eigenvalue weighted by Crippen LogP contribution is 2.13. The zero-order valence-corrected chi connectivity index (χ0v) is 7.85. The third-order valence-corrected chi connectivity index (χ3v) is 1.88. The highest BCUT2D eigenvalue weighted by atomic mass is 79.9. The number of rotatable bonds is 1. The summed E-state index contributed by atoms with van der Waals surface area (Å²) in [6.45, 7) is 2.06. The fourth-order valence-corrected chi connectivity index (χ4v) is 1.26. The zero-order valence-electron chi connectivity index (χ0n) is 6.26. The van der Waals surface area contributed by atoms with E-state index in [0.29, 0.717) is 0 Å². The van der Waals surface area contributed by atoms with E-state index in [-0.39, 0.29) is 0 Å². The molecule has 1 rings (SSSR count). The first-order chi connectivity index (χ1) is 5.27. The summed E-state index contributed by atoms with van der Waals surface area (Å²) in [7, 11) is 0. The molecule has 0 amide bonds. The van der Waals surface area contributed by atoms with E-state index in [1.165, 1.54) is 0 Å². The number of aromatic nitrogens is 1. The number of nitrogens with zero attached hydrogens (tertiary/aromatic N) is 1. The molecular weight excluding hydrogens is 202 g/mol. The Morgan fingerprint density at radius 2 is 2.45 bits per heavy atom. The van der Waals surface area contributed by atoms with Gasteiger partial charge in [0.15, 0.2) is 0 Å². The number of hydrogen-bond acceptors (Lipinski definition) is 1. The Kier molecular flexibility index (Phi) is 2.67. The molecular formula is C9H8BrN. The maximum absolute atomic E-state index is 5.25. The standard InChI is InChI=1S/C9H8BrN/c1-3-7-5-8(10)6-11-9(7)4-2/h2,5-6H,3H2,1H3. The van der Waals surface area contributed by atoms with E-state index in [9.17, 15) is 0 Å². The van der Waals surface area contributed by atoms with Gasteiger partial charge in [0.05, 0.1) is 0 Å². The van der Waals surface area contributed by atoms with Crippen molar-refractivity contribution in [1.29, 1.82) is 0 Å². The van der Waals surface area contributed by atoms with Crippen LogP contribution in [0.3, 0.4) is 0 Å². The van der Waals surface area contributed by atoms with Gasteiger partial charge in [-0.3, -0.25) is 0 Å². The van der Waals surface area contributed by atoms with Crippen LogP contribution in [0.15, 0.2) is 16.7 Å². The third-order valence-electron chi connectivity index (χ3n) is 1.45. The van der Waals surface area contributed by atoms with Crippen molar-refractivity contribution < 1.29 is 0 Å². The predicted octanol–water partition coefficient (Wildman–Crippen LogP) is 2.39. The van der Waals surface area contributed by atoms with Gasteiger partial charge in [-0.1, -0.05) is 6.92 Å². The van der Waals surface area contributed by atoms with Crippen LogP contribution in [0.4, 0.5) is 0 Å². The van der Waals surface area contributed by atoms with Crippen LogP contribution in [0.5, 0.6) is 0 Å². The first kappa shape index (κ1) is 8.29. The summed E-state index contributed by atoms with van der Waals surface area (Å²) in [4.78, 5) is 4.08. The summed E-state index contributed by atoms with van der Waals surface area (Å²) in [5.74, 6) is 2.54. The van der Waals surface area contributed by atoms with Gasteiger partial charge < -0.3 is 0 Å². The highest BCUT2D eigenvalue weighted by molar-refractivity contribution is 9.10. The fraction of sp³-hybridized carbons (Fsp3) is 0.222. The Bertz CT molecular complexity index is 299. The van der Waals surface area contributed by atoms with Crippen molar-refractivity contribution in [3.8, 4) is 12.3 Å². The Balaban J connectivity index is 3.19. The molecule has 0 bridgehead atoms. The van der Waals surface area contributed by atoms with Crippen molar-refractivity contribution in [3.05, 3.63) is 28.0 Å². The van der Waals surface area contributed by atoms with Crippen molar-refractivity contribution in [1.82, 2.24) is 4.98 Å². The Hall–Kier alpha value is -0.810. The van der Waals surface area contributed by atoms with Gasteiger partial charge in [0.2, 0.25) is 0 Å². The lowest BCUT2D eigenvalue weighted by Gasteiger charge is -1.99. The maximum atomic E-state index is 5.25. The molecule has 0 aliphatic rings. The molecule has 2 heteroatoms. The number of hydrogen-bond donors (Lipinski definition) is 0. The van der Waals surface area contributed by atoms with Gasteiger partial charge in [-0.15, -0.1) is 6.42 Å². The van der Waals surface area contributed by atoms with E-state index in [1.807, 2.05) is 6.07 Å². The summed E-state index contributed by atoms with van der Waals surface area (Å²) in [6.07, 6.45) is 7.89. The van der Waals surface area contributed by atoms with E-state index in [0.717, 1.165) is 22.2 Å². The molecule has 0 unspecified atom stereocenters. The van der Waals surface area contributed by atoms with Gasteiger partial charge >= 0.3 is 0 Å². The number of aryl methyl sites for hydroxylation is 1. The van der Waals surface area contributed by atoms with Crippen molar-refractivity contribution >= 4 is 15.9 Å². The third kappa shape index (κ3) is 1.81. The second-order valence-electron chi connectivity index (χ2n) is 2.16. The molecule has 0 fully saturated rings. The monoisotopic (exact) mass is 209 g/mol. The molecule has 0 radical (unpaired) electrons. The summed E-state index contributed by atoms with van der Waals surface area (Å²) < 4.78 is 0.980. The van der Waals surface area contributed by atoms with Gasteiger partial charge in [0.25, 0.3) is 0 Å². The zero-order chi connectivity index (χ0) is 8.27. The van der Waals surface area contributed by atoms with Crippen LogP contribution in [0, 0.1) is 12.3 Å². The molecule has 1 aromatic heterocycles. The molecule has 1 nitrogen and oxygen atoms in total. The summed E-state index contributed by atoms with van der Waals surface area (Å²) in [5, 5.41) is 0. The largest absolute Gasteiger partial charge is 0.246 e. The minimum Gasteiger partial charge on any atom is -0.246 e. The Labute approximate surface area is 75.0 Å². The van der Waals surface area contributed by atoms with E-state index >= 15 is 0 Å². The summed E-state index contributed by atoms with van der Waals surface area (Å²) in [6, 6.07) is 2.00. The van der Waals surface area contributed by atoms with Crippen molar-refractivity contribution in [2.45, 2.75) is 13.3 Å². The fourth-order valence-electron chi connectivity index (χ4n) is 0.881. The normalized spacial score (nSPS) is 9.18. The first-order valence-corrected chi connectivity index (χ1v) is 4.18. The maximum Gasteiger partial charge on any atom is 0.116 e. The van der Waals surface area contributed by atoms with Gasteiger partial charge in [-0.25, -0.2) is 4.98 Å². The molecule has 0 aromatic carbocycles. The lowest BCUT2D eigenvalue weighted by atomic mass is 10.1. The van der Waals surface area contributed by atoms with Crippen LogP contribution >= 0.6 is 15.9 Å². The Morgan fingerprint density at radius 3 is 3.00 bits per heavy atom. The molecule has 1 heterocycles. The lowest BCUT2D eigenvalue weighted by molar-refractivity contribution is 1.08.